The lowest BCUT2D eigenvalue weighted by Crippen LogP contribution is -2.22. The summed E-state index contributed by atoms with van der Waals surface area (Å²) in [7, 11) is 0. The molecule has 4 rings (SSSR count). The summed E-state index contributed by atoms with van der Waals surface area (Å²) >= 11 is 6.04. The van der Waals surface area contributed by atoms with E-state index in [1.807, 2.05) is 25.1 Å². The maximum atomic E-state index is 12.5. The maximum absolute atomic E-state index is 12.5. The lowest BCUT2D eigenvalue weighted by atomic mass is 9.85. The van der Waals surface area contributed by atoms with Crippen LogP contribution >= 0.6 is 11.6 Å². The van der Waals surface area contributed by atoms with Gasteiger partial charge in [0.15, 0.2) is 0 Å². The van der Waals surface area contributed by atoms with E-state index in [1.165, 1.54) is 0 Å². The summed E-state index contributed by atoms with van der Waals surface area (Å²) in [6.07, 6.45) is 0.417. The van der Waals surface area contributed by atoms with Crippen LogP contribution in [0.1, 0.15) is 29.3 Å². The van der Waals surface area contributed by atoms with Crippen molar-refractivity contribution in [3.05, 3.63) is 52.1 Å². The van der Waals surface area contributed by atoms with Crippen LogP contribution in [0.5, 0.6) is 0 Å². The van der Waals surface area contributed by atoms with E-state index < -0.39 is 11.6 Å². The number of fused-ring (bicyclic) bond motifs is 4. The lowest BCUT2D eigenvalue weighted by Gasteiger charge is -2.18. The molecule has 0 saturated carbocycles. The molecule has 2 aromatic rings. The van der Waals surface area contributed by atoms with Crippen LogP contribution < -0.4 is 0 Å². The minimum atomic E-state index is -0.464. The van der Waals surface area contributed by atoms with E-state index in [-0.39, 0.29) is 6.10 Å². The van der Waals surface area contributed by atoms with Crippen LogP contribution in [0.15, 0.2) is 35.9 Å². The molecule has 0 N–H and O–H groups in total. The van der Waals surface area contributed by atoms with Crippen molar-refractivity contribution in [1.29, 1.82) is 0 Å². The van der Waals surface area contributed by atoms with Gasteiger partial charge in [0, 0.05) is 28.1 Å². The zero-order valence-corrected chi connectivity index (χ0v) is 12.0. The molecular weight excluding hydrogens is 288 g/mol. The summed E-state index contributed by atoms with van der Waals surface area (Å²) in [5, 5.41) is 2.12. The standard InChI is InChI=1S/C17H11ClO3/c1-8-6-13-15(19)16(20)14-11(17(13)21-8)5-3-9-2-4-10(18)7-12(9)14/h2-5,7-8H,6H2,1H3. The zero-order valence-electron chi connectivity index (χ0n) is 11.3. The largest absolute Gasteiger partial charge is 0.489 e. The van der Waals surface area contributed by atoms with Crippen molar-refractivity contribution in [2.24, 2.45) is 0 Å². The van der Waals surface area contributed by atoms with Gasteiger partial charge in [-0.3, -0.25) is 9.59 Å². The van der Waals surface area contributed by atoms with Gasteiger partial charge in [0.25, 0.3) is 0 Å². The Morgan fingerprint density at radius 2 is 1.90 bits per heavy atom. The average molecular weight is 299 g/mol. The van der Waals surface area contributed by atoms with Crippen molar-refractivity contribution in [1.82, 2.24) is 0 Å². The first-order chi connectivity index (χ1) is 10.1. The van der Waals surface area contributed by atoms with E-state index in [1.54, 1.807) is 12.1 Å². The highest BCUT2D eigenvalue weighted by Crippen LogP contribution is 2.41. The number of carbonyl (C=O) groups excluding carboxylic acids is 2. The molecule has 0 fully saturated rings. The van der Waals surface area contributed by atoms with Crippen LogP contribution in [0.4, 0.5) is 0 Å². The predicted octanol–water partition coefficient (Wildman–Crippen LogP) is 3.78. The molecule has 3 nitrogen and oxygen atoms in total. The summed E-state index contributed by atoms with van der Waals surface area (Å²) in [6, 6.07) is 9.11. The molecule has 2 aromatic carbocycles. The third-order valence-electron chi connectivity index (χ3n) is 4.02. The number of halogens is 1. The third kappa shape index (κ3) is 1.67. The smallest absolute Gasteiger partial charge is 0.234 e. The van der Waals surface area contributed by atoms with Crippen molar-refractivity contribution in [3.8, 4) is 0 Å². The number of hydrogen-bond acceptors (Lipinski definition) is 3. The SMILES string of the molecule is CC1CC2=C(O1)c1ccc3ccc(Cl)cc3c1C(=O)C2=O. The third-order valence-corrected chi connectivity index (χ3v) is 4.26. The molecule has 1 atom stereocenters. The molecule has 21 heavy (non-hydrogen) atoms. The van der Waals surface area contributed by atoms with Crippen molar-refractivity contribution < 1.29 is 14.3 Å². The monoisotopic (exact) mass is 298 g/mol. The highest BCUT2D eigenvalue weighted by Gasteiger charge is 2.39. The fraction of sp³-hybridized carbons (Fsp3) is 0.176. The molecule has 1 aliphatic heterocycles. The molecule has 0 spiro atoms. The first-order valence-corrected chi connectivity index (χ1v) is 7.15. The Morgan fingerprint density at radius 1 is 1.14 bits per heavy atom. The fourth-order valence-corrected chi connectivity index (χ4v) is 3.26. The Morgan fingerprint density at radius 3 is 2.71 bits per heavy atom. The summed E-state index contributed by atoms with van der Waals surface area (Å²) in [6.45, 7) is 1.90. The molecular formula is C17H11ClO3. The Labute approximate surface area is 126 Å². The normalized spacial score (nSPS) is 20.6. The van der Waals surface area contributed by atoms with Crippen molar-refractivity contribution >= 4 is 39.7 Å². The molecule has 2 aliphatic rings. The van der Waals surface area contributed by atoms with Gasteiger partial charge in [-0.15, -0.1) is 0 Å². The zero-order chi connectivity index (χ0) is 14.7. The molecule has 4 heteroatoms. The number of ketones is 2. The van der Waals surface area contributed by atoms with Gasteiger partial charge in [0.2, 0.25) is 11.6 Å². The lowest BCUT2D eigenvalue weighted by molar-refractivity contribution is -0.111. The second-order valence-electron chi connectivity index (χ2n) is 5.45. The first-order valence-electron chi connectivity index (χ1n) is 6.77. The molecule has 1 unspecified atom stereocenters. The highest BCUT2D eigenvalue weighted by atomic mass is 35.5. The quantitative estimate of drug-likeness (QED) is 0.695. The maximum Gasteiger partial charge on any atom is 0.234 e. The van der Waals surface area contributed by atoms with Gasteiger partial charge in [-0.05, 0) is 35.9 Å². The molecule has 104 valence electrons. The summed E-state index contributed by atoms with van der Waals surface area (Å²) < 4.78 is 5.76. The molecule has 0 aromatic heterocycles. The second kappa shape index (κ2) is 4.18. The van der Waals surface area contributed by atoms with Gasteiger partial charge in [-0.1, -0.05) is 23.7 Å². The topological polar surface area (TPSA) is 43.4 Å². The average Bonchev–Trinajstić information content (AvgIpc) is 2.85. The molecule has 0 bridgehead atoms. The highest BCUT2D eigenvalue weighted by molar-refractivity contribution is 6.54. The van der Waals surface area contributed by atoms with Crippen LogP contribution in [-0.2, 0) is 9.53 Å². The number of ether oxygens (including phenoxy) is 1. The number of carbonyl (C=O) groups is 2. The minimum Gasteiger partial charge on any atom is -0.489 e. The van der Waals surface area contributed by atoms with Crippen LogP contribution in [-0.4, -0.2) is 17.7 Å². The fourth-order valence-electron chi connectivity index (χ4n) is 3.09. The Kier molecular flexibility index (Phi) is 2.51. The van der Waals surface area contributed by atoms with Crippen molar-refractivity contribution in [3.63, 3.8) is 0 Å². The van der Waals surface area contributed by atoms with E-state index in [0.29, 0.717) is 39.3 Å². The summed E-state index contributed by atoms with van der Waals surface area (Å²) in [4.78, 5) is 24.8. The van der Waals surface area contributed by atoms with Crippen LogP contribution in [0, 0.1) is 0 Å². The van der Waals surface area contributed by atoms with Gasteiger partial charge >= 0.3 is 0 Å². The second-order valence-corrected chi connectivity index (χ2v) is 5.89. The van der Waals surface area contributed by atoms with Crippen molar-refractivity contribution in [2.45, 2.75) is 19.4 Å². The number of hydrogen-bond donors (Lipinski definition) is 0. The molecule has 0 amide bonds. The Hall–Kier alpha value is -2.13. The van der Waals surface area contributed by atoms with E-state index >= 15 is 0 Å². The number of Topliss-reactive ketones (excluding diaryl/α,β-unsaturated/α-hetero) is 2. The summed E-state index contributed by atoms with van der Waals surface area (Å²) in [5.74, 6) is -0.354. The number of rotatable bonds is 0. The van der Waals surface area contributed by atoms with E-state index in [0.717, 1.165) is 5.39 Å². The molecule has 0 saturated heterocycles. The van der Waals surface area contributed by atoms with Crippen molar-refractivity contribution in [2.75, 3.05) is 0 Å². The van der Waals surface area contributed by atoms with E-state index in [4.69, 9.17) is 16.3 Å². The molecule has 0 radical (unpaired) electrons. The van der Waals surface area contributed by atoms with Gasteiger partial charge in [0.1, 0.15) is 11.9 Å². The molecule has 1 aliphatic carbocycles. The first kappa shape index (κ1) is 12.6. The van der Waals surface area contributed by atoms with Gasteiger partial charge in [-0.2, -0.15) is 0 Å². The minimum absolute atomic E-state index is 0.0761. The molecule has 1 heterocycles. The Balaban J connectivity index is 2.09. The van der Waals surface area contributed by atoms with Crippen LogP contribution in [0.3, 0.4) is 0 Å². The predicted molar refractivity (Wildman–Crippen MR) is 80.4 cm³/mol. The van der Waals surface area contributed by atoms with E-state index in [9.17, 15) is 9.59 Å². The van der Waals surface area contributed by atoms with Gasteiger partial charge < -0.3 is 4.74 Å². The number of benzene rings is 2. The van der Waals surface area contributed by atoms with Crippen LogP contribution in [0.25, 0.3) is 16.5 Å². The van der Waals surface area contributed by atoms with Crippen LogP contribution in [0.2, 0.25) is 5.02 Å². The van der Waals surface area contributed by atoms with Gasteiger partial charge in [-0.25, -0.2) is 0 Å². The van der Waals surface area contributed by atoms with E-state index in [2.05, 4.69) is 0 Å². The summed E-state index contributed by atoms with van der Waals surface area (Å²) in [5.41, 5.74) is 1.61. The Bertz CT molecular complexity index is 864. The van der Waals surface area contributed by atoms with Gasteiger partial charge in [0.05, 0.1) is 0 Å².